The van der Waals surface area contributed by atoms with Gasteiger partial charge in [-0.05, 0) is 32.8 Å². The summed E-state index contributed by atoms with van der Waals surface area (Å²) in [5.74, 6) is -0.234. The lowest BCUT2D eigenvalue weighted by Gasteiger charge is -2.26. The lowest BCUT2D eigenvalue weighted by molar-refractivity contribution is 0.0696. The van der Waals surface area contributed by atoms with Gasteiger partial charge in [-0.3, -0.25) is 0 Å². The zero-order valence-corrected chi connectivity index (χ0v) is 11.4. The molecule has 0 radical (unpaired) electrons. The number of hydrogen-bond donors (Lipinski definition) is 1. The van der Waals surface area contributed by atoms with E-state index in [2.05, 4.69) is 25.3 Å². The third-order valence-corrected chi connectivity index (χ3v) is 3.85. The van der Waals surface area contributed by atoms with Gasteiger partial charge in [-0.2, -0.15) is 0 Å². The molecule has 1 rings (SSSR count). The van der Waals surface area contributed by atoms with Crippen molar-refractivity contribution in [2.24, 2.45) is 5.92 Å². The fourth-order valence-corrected chi connectivity index (χ4v) is 2.80. The maximum Gasteiger partial charge on any atom is 0.337 e. The van der Waals surface area contributed by atoms with Crippen LogP contribution in [0.4, 0.5) is 0 Å². The standard InChI is InChI=1S/C14H23NO2/c1-6-12(7-2)10(4)15-9(3)8-13(11(15)5)14(16)17/h8,10,12H,6-7H2,1-5H3,(H,16,17). The number of hydrogen-bond acceptors (Lipinski definition) is 1. The summed E-state index contributed by atoms with van der Waals surface area (Å²) in [7, 11) is 0. The molecule has 0 aliphatic carbocycles. The van der Waals surface area contributed by atoms with Crippen LogP contribution in [-0.2, 0) is 0 Å². The number of aromatic carboxylic acids is 1. The quantitative estimate of drug-likeness (QED) is 0.846. The summed E-state index contributed by atoms with van der Waals surface area (Å²) in [6.07, 6.45) is 2.24. The number of aromatic nitrogens is 1. The number of aryl methyl sites for hydroxylation is 1. The summed E-state index contributed by atoms with van der Waals surface area (Å²) in [6.45, 7) is 10.4. The van der Waals surface area contributed by atoms with Gasteiger partial charge in [-0.25, -0.2) is 4.79 Å². The van der Waals surface area contributed by atoms with E-state index in [-0.39, 0.29) is 0 Å². The molecule has 0 saturated carbocycles. The molecule has 0 saturated heterocycles. The summed E-state index contributed by atoms with van der Waals surface area (Å²) in [4.78, 5) is 11.1. The maximum absolute atomic E-state index is 11.1. The second-order valence-corrected chi connectivity index (χ2v) is 4.78. The van der Waals surface area contributed by atoms with Crippen molar-refractivity contribution in [1.29, 1.82) is 0 Å². The molecule has 0 spiro atoms. The number of carboxylic acid groups (broad SMARTS) is 1. The molecular weight excluding hydrogens is 214 g/mol. The smallest absolute Gasteiger partial charge is 0.337 e. The lowest BCUT2D eigenvalue weighted by atomic mass is 9.95. The van der Waals surface area contributed by atoms with E-state index in [0.29, 0.717) is 17.5 Å². The molecule has 17 heavy (non-hydrogen) atoms. The normalized spacial score (nSPS) is 13.1. The van der Waals surface area contributed by atoms with Crippen LogP contribution in [0.1, 0.15) is 61.4 Å². The Hall–Kier alpha value is -1.25. The first-order chi connectivity index (χ1) is 7.93. The third-order valence-electron chi connectivity index (χ3n) is 3.85. The second-order valence-electron chi connectivity index (χ2n) is 4.78. The van der Waals surface area contributed by atoms with E-state index in [1.807, 2.05) is 13.8 Å². The Labute approximate surface area is 103 Å². The van der Waals surface area contributed by atoms with Gasteiger partial charge in [-0.15, -0.1) is 0 Å². The van der Waals surface area contributed by atoms with Crippen LogP contribution in [0.3, 0.4) is 0 Å². The molecule has 3 heteroatoms. The summed E-state index contributed by atoms with van der Waals surface area (Å²) in [5, 5.41) is 9.12. The first-order valence-corrected chi connectivity index (χ1v) is 6.35. The first kappa shape index (κ1) is 13.8. The molecule has 0 aliphatic rings. The minimum absolute atomic E-state index is 0.359. The summed E-state index contributed by atoms with van der Waals surface area (Å²) >= 11 is 0. The van der Waals surface area contributed by atoms with E-state index in [1.165, 1.54) is 0 Å². The number of rotatable bonds is 5. The zero-order chi connectivity index (χ0) is 13.2. The Bertz CT molecular complexity index is 403. The molecule has 1 heterocycles. The van der Waals surface area contributed by atoms with Gasteiger partial charge in [0.2, 0.25) is 0 Å². The topological polar surface area (TPSA) is 42.2 Å². The van der Waals surface area contributed by atoms with Crippen molar-refractivity contribution in [3.63, 3.8) is 0 Å². The van der Waals surface area contributed by atoms with E-state index in [1.54, 1.807) is 6.07 Å². The fraction of sp³-hybridized carbons (Fsp3) is 0.643. The molecule has 3 nitrogen and oxygen atoms in total. The van der Waals surface area contributed by atoms with Gasteiger partial charge in [-0.1, -0.05) is 26.7 Å². The van der Waals surface area contributed by atoms with E-state index in [9.17, 15) is 4.79 Å². The van der Waals surface area contributed by atoms with Gasteiger partial charge >= 0.3 is 5.97 Å². The van der Waals surface area contributed by atoms with E-state index in [4.69, 9.17) is 5.11 Å². The molecule has 0 aromatic carbocycles. The van der Waals surface area contributed by atoms with E-state index < -0.39 is 5.97 Å². The van der Waals surface area contributed by atoms with Gasteiger partial charge < -0.3 is 9.67 Å². The molecular formula is C14H23NO2. The third kappa shape index (κ3) is 2.54. The van der Waals surface area contributed by atoms with Crippen molar-refractivity contribution in [2.75, 3.05) is 0 Å². The van der Waals surface area contributed by atoms with Crippen LogP contribution in [0.25, 0.3) is 0 Å². The Kier molecular flexibility index (Phi) is 4.38. The summed E-state index contributed by atoms with van der Waals surface area (Å²) in [5.41, 5.74) is 2.34. The van der Waals surface area contributed by atoms with Gasteiger partial charge in [0.15, 0.2) is 0 Å². The molecule has 96 valence electrons. The molecule has 0 amide bonds. The average molecular weight is 237 g/mol. The van der Waals surface area contributed by atoms with Crippen LogP contribution in [-0.4, -0.2) is 15.6 Å². The number of carboxylic acids is 1. The highest BCUT2D eigenvalue weighted by atomic mass is 16.4. The molecule has 1 unspecified atom stereocenters. The number of nitrogens with zero attached hydrogens (tertiary/aromatic N) is 1. The Morgan fingerprint density at radius 2 is 1.88 bits per heavy atom. The minimum atomic E-state index is -0.832. The van der Waals surface area contributed by atoms with Crippen LogP contribution in [0, 0.1) is 19.8 Å². The molecule has 1 atom stereocenters. The summed E-state index contributed by atoms with van der Waals surface area (Å²) < 4.78 is 2.17. The Balaban J connectivity index is 3.18. The van der Waals surface area contributed by atoms with Crippen LogP contribution < -0.4 is 0 Å². The van der Waals surface area contributed by atoms with Crippen molar-refractivity contribution in [1.82, 2.24) is 4.57 Å². The maximum atomic E-state index is 11.1. The van der Waals surface area contributed by atoms with Crippen molar-refractivity contribution in [2.45, 2.75) is 53.5 Å². The molecule has 1 aromatic heterocycles. The van der Waals surface area contributed by atoms with Gasteiger partial charge in [0, 0.05) is 17.4 Å². The van der Waals surface area contributed by atoms with E-state index in [0.717, 1.165) is 24.2 Å². The van der Waals surface area contributed by atoms with Crippen LogP contribution in [0.5, 0.6) is 0 Å². The molecule has 1 N–H and O–H groups in total. The van der Waals surface area contributed by atoms with Gasteiger partial charge in [0.05, 0.1) is 5.56 Å². The molecule has 0 fully saturated rings. The largest absolute Gasteiger partial charge is 0.478 e. The predicted octanol–water partition coefficient (Wildman–Crippen LogP) is 3.80. The SMILES string of the molecule is CCC(CC)C(C)n1c(C)cc(C(=O)O)c1C. The van der Waals surface area contributed by atoms with Crippen molar-refractivity contribution in [3.8, 4) is 0 Å². The van der Waals surface area contributed by atoms with Crippen molar-refractivity contribution < 1.29 is 9.90 Å². The zero-order valence-electron chi connectivity index (χ0n) is 11.4. The highest BCUT2D eigenvalue weighted by Gasteiger charge is 2.22. The first-order valence-electron chi connectivity index (χ1n) is 6.35. The molecule has 0 aliphatic heterocycles. The van der Waals surface area contributed by atoms with Crippen LogP contribution in [0.15, 0.2) is 6.07 Å². The molecule has 0 bridgehead atoms. The van der Waals surface area contributed by atoms with E-state index >= 15 is 0 Å². The average Bonchev–Trinajstić information content (AvgIpc) is 2.56. The lowest BCUT2D eigenvalue weighted by Crippen LogP contribution is -2.18. The molecule has 1 aromatic rings. The predicted molar refractivity (Wildman–Crippen MR) is 69.6 cm³/mol. The highest BCUT2D eigenvalue weighted by molar-refractivity contribution is 5.89. The van der Waals surface area contributed by atoms with Gasteiger partial charge in [0.25, 0.3) is 0 Å². The van der Waals surface area contributed by atoms with Crippen molar-refractivity contribution >= 4 is 5.97 Å². The monoisotopic (exact) mass is 237 g/mol. The summed E-state index contributed by atoms with van der Waals surface area (Å²) in [6, 6.07) is 2.13. The Morgan fingerprint density at radius 3 is 2.24 bits per heavy atom. The Morgan fingerprint density at radius 1 is 1.35 bits per heavy atom. The highest BCUT2D eigenvalue weighted by Crippen LogP contribution is 2.29. The van der Waals surface area contributed by atoms with Gasteiger partial charge in [0.1, 0.15) is 0 Å². The number of carbonyl (C=O) groups is 1. The van der Waals surface area contributed by atoms with Crippen LogP contribution >= 0.6 is 0 Å². The second kappa shape index (κ2) is 5.39. The fourth-order valence-electron chi connectivity index (χ4n) is 2.80. The van der Waals surface area contributed by atoms with Crippen LogP contribution in [0.2, 0.25) is 0 Å². The minimum Gasteiger partial charge on any atom is -0.478 e. The van der Waals surface area contributed by atoms with Crippen molar-refractivity contribution in [3.05, 3.63) is 23.0 Å².